The number of fused-ring (bicyclic) bond motifs is 2. The van der Waals surface area contributed by atoms with E-state index in [-0.39, 0.29) is 6.61 Å². The second-order valence-corrected chi connectivity index (χ2v) is 7.51. The number of esters is 1. The fourth-order valence-corrected chi connectivity index (χ4v) is 4.53. The molecule has 0 heterocycles. The van der Waals surface area contributed by atoms with Crippen molar-refractivity contribution in [1.29, 1.82) is 5.26 Å². The molecule has 1 atom stereocenters. The van der Waals surface area contributed by atoms with Gasteiger partial charge in [0.25, 0.3) is 0 Å². The van der Waals surface area contributed by atoms with Gasteiger partial charge in [-0.25, -0.2) is 0 Å². The summed E-state index contributed by atoms with van der Waals surface area (Å²) in [5.41, 5.74) is 0.976. The summed E-state index contributed by atoms with van der Waals surface area (Å²) < 4.78 is 5.11. The summed E-state index contributed by atoms with van der Waals surface area (Å²) in [4.78, 5) is 12.3. The molecule has 0 aliphatic carbocycles. The van der Waals surface area contributed by atoms with Crippen molar-refractivity contribution in [2.24, 2.45) is 5.92 Å². The molecule has 3 heteroatoms. The van der Waals surface area contributed by atoms with Gasteiger partial charge >= 0.3 is 5.97 Å². The van der Waals surface area contributed by atoms with E-state index in [1.165, 1.54) is 43.8 Å². The Balaban J connectivity index is 1.75. The molecule has 0 aromatic heterocycles. The molecular formula is C27H19NO2. The predicted octanol–water partition coefficient (Wildman–Crippen LogP) is 6.15. The third kappa shape index (κ3) is 2.69. The third-order valence-electron chi connectivity index (χ3n) is 5.82. The number of benzene rings is 5. The Bertz CT molecular complexity index is 1430. The zero-order valence-electron chi connectivity index (χ0n) is 16.4. The normalized spacial score (nSPS) is 12.4. The van der Waals surface area contributed by atoms with Crippen molar-refractivity contribution in [2.75, 3.05) is 6.61 Å². The van der Waals surface area contributed by atoms with Crippen LogP contribution in [0.5, 0.6) is 0 Å². The zero-order chi connectivity index (χ0) is 20.7. The summed E-state index contributed by atoms with van der Waals surface area (Å²) in [5.74, 6) is -1.35. The Labute approximate surface area is 174 Å². The highest BCUT2D eigenvalue weighted by atomic mass is 16.5. The van der Waals surface area contributed by atoms with E-state index in [0.29, 0.717) is 6.42 Å². The molecule has 3 nitrogen and oxygen atoms in total. The summed E-state index contributed by atoms with van der Waals surface area (Å²) >= 11 is 0. The summed E-state index contributed by atoms with van der Waals surface area (Å²) in [6, 6.07) is 25.4. The van der Waals surface area contributed by atoms with Crippen molar-refractivity contribution < 1.29 is 9.53 Å². The average molecular weight is 389 g/mol. The lowest BCUT2D eigenvalue weighted by molar-refractivity contribution is -0.145. The molecule has 0 N–H and O–H groups in total. The van der Waals surface area contributed by atoms with Crippen molar-refractivity contribution in [3.05, 3.63) is 84.9 Å². The highest BCUT2D eigenvalue weighted by Gasteiger charge is 2.22. The van der Waals surface area contributed by atoms with Gasteiger partial charge in [0.15, 0.2) is 0 Å². The summed E-state index contributed by atoms with van der Waals surface area (Å²) in [7, 11) is 0. The highest BCUT2D eigenvalue weighted by Crippen LogP contribution is 2.41. The van der Waals surface area contributed by atoms with Crippen molar-refractivity contribution in [3.8, 4) is 6.07 Å². The van der Waals surface area contributed by atoms with E-state index in [4.69, 9.17) is 4.74 Å². The molecule has 0 amide bonds. The van der Waals surface area contributed by atoms with E-state index in [2.05, 4.69) is 73.3 Å². The Morgan fingerprint density at radius 3 is 2.17 bits per heavy atom. The van der Waals surface area contributed by atoms with Gasteiger partial charge in [0.1, 0.15) is 12.5 Å². The first-order valence-electron chi connectivity index (χ1n) is 9.97. The molecular weight excluding hydrogens is 370 g/mol. The Morgan fingerprint density at radius 1 is 0.900 bits per heavy atom. The molecule has 0 aliphatic rings. The molecule has 30 heavy (non-hydrogen) atoms. The number of ether oxygens (including phenoxy) is 1. The van der Waals surface area contributed by atoms with E-state index in [1.807, 2.05) is 6.07 Å². The summed E-state index contributed by atoms with van der Waals surface area (Å²) in [6.07, 6.45) is 1.82. The monoisotopic (exact) mass is 389 g/mol. The lowest BCUT2D eigenvalue weighted by Crippen LogP contribution is -2.18. The van der Waals surface area contributed by atoms with E-state index in [0.717, 1.165) is 10.9 Å². The lowest BCUT2D eigenvalue weighted by atomic mass is 9.87. The molecule has 0 saturated heterocycles. The second-order valence-electron chi connectivity index (χ2n) is 7.51. The fraction of sp³-hybridized carbons (Fsp3) is 0.111. The molecule has 0 spiro atoms. The van der Waals surface area contributed by atoms with Crippen LogP contribution in [0.3, 0.4) is 0 Å². The molecule has 0 bridgehead atoms. The van der Waals surface area contributed by atoms with Crippen LogP contribution in [0.15, 0.2) is 79.4 Å². The van der Waals surface area contributed by atoms with E-state index in [1.54, 1.807) is 0 Å². The van der Waals surface area contributed by atoms with Gasteiger partial charge in [0.05, 0.1) is 6.07 Å². The van der Waals surface area contributed by atoms with Gasteiger partial charge in [-0.3, -0.25) is 4.79 Å². The molecule has 0 fully saturated rings. The van der Waals surface area contributed by atoms with Gasteiger partial charge < -0.3 is 4.74 Å². The molecule has 0 aliphatic heterocycles. The molecule has 144 valence electrons. The van der Waals surface area contributed by atoms with E-state index >= 15 is 0 Å². The molecule has 5 aromatic rings. The first-order valence-corrected chi connectivity index (χ1v) is 9.97. The van der Waals surface area contributed by atoms with Gasteiger partial charge in [-0.2, -0.15) is 5.26 Å². The van der Waals surface area contributed by atoms with Crippen LogP contribution in [0, 0.1) is 17.2 Å². The summed E-state index contributed by atoms with van der Waals surface area (Å²) in [5, 5.41) is 19.1. The van der Waals surface area contributed by atoms with E-state index < -0.39 is 11.9 Å². The van der Waals surface area contributed by atoms with Gasteiger partial charge in [-0.1, -0.05) is 79.4 Å². The Morgan fingerprint density at radius 2 is 1.50 bits per heavy atom. The highest BCUT2D eigenvalue weighted by molar-refractivity contribution is 6.33. The van der Waals surface area contributed by atoms with Crippen LogP contribution in [-0.2, 0) is 16.0 Å². The number of carbonyl (C=O) groups excluding carboxylic acids is 1. The largest absolute Gasteiger partial charge is 0.460 e. The molecule has 5 aromatic carbocycles. The van der Waals surface area contributed by atoms with Crippen LogP contribution in [0.1, 0.15) is 5.56 Å². The Hall–Kier alpha value is -3.90. The van der Waals surface area contributed by atoms with Gasteiger partial charge in [0.2, 0.25) is 0 Å². The van der Waals surface area contributed by atoms with Crippen molar-refractivity contribution in [2.45, 2.75) is 6.42 Å². The standard InChI is InChI=1S/C27H19NO2/c1-2-14-30-27(29)19(16-28)15-18-12-13-24-22-10-4-7-17-6-3-9-21(25(17)22)23-11-5-8-20(18)26(23)24/h2-13,19H,1,14-15H2. The Kier molecular flexibility index (Phi) is 4.34. The SMILES string of the molecule is C=CCOC(=O)C(C#N)Cc1ccc2c3cccc4cccc(c5cccc1c52)c43. The number of hydrogen-bond donors (Lipinski definition) is 0. The van der Waals surface area contributed by atoms with Crippen LogP contribution in [0.4, 0.5) is 0 Å². The number of carbonyl (C=O) groups is 1. The maximum absolute atomic E-state index is 12.3. The zero-order valence-corrected chi connectivity index (χ0v) is 16.4. The summed E-state index contributed by atoms with van der Waals surface area (Å²) in [6.45, 7) is 3.66. The minimum atomic E-state index is -0.846. The molecule has 1 unspecified atom stereocenters. The fourth-order valence-electron chi connectivity index (χ4n) is 4.53. The maximum Gasteiger partial charge on any atom is 0.323 e. The quantitative estimate of drug-likeness (QED) is 0.157. The number of hydrogen-bond acceptors (Lipinski definition) is 3. The molecule has 0 saturated carbocycles. The first-order chi connectivity index (χ1) is 14.7. The van der Waals surface area contributed by atoms with Crippen LogP contribution in [0.2, 0.25) is 0 Å². The van der Waals surface area contributed by atoms with Crippen LogP contribution < -0.4 is 0 Å². The number of nitriles is 1. The minimum Gasteiger partial charge on any atom is -0.460 e. The maximum atomic E-state index is 12.3. The first kappa shape index (κ1) is 18.1. The van der Waals surface area contributed by atoms with Crippen LogP contribution in [-0.4, -0.2) is 12.6 Å². The van der Waals surface area contributed by atoms with Gasteiger partial charge in [-0.15, -0.1) is 0 Å². The smallest absolute Gasteiger partial charge is 0.323 e. The van der Waals surface area contributed by atoms with Crippen molar-refractivity contribution in [1.82, 2.24) is 0 Å². The minimum absolute atomic E-state index is 0.113. The molecule has 0 radical (unpaired) electrons. The molecule has 5 rings (SSSR count). The van der Waals surface area contributed by atoms with Crippen molar-refractivity contribution in [3.63, 3.8) is 0 Å². The van der Waals surface area contributed by atoms with E-state index in [9.17, 15) is 10.1 Å². The number of nitrogens with zero attached hydrogens (tertiary/aromatic N) is 1. The predicted molar refractivity (Wildman–Crippen MR) is 122 cm³/mol. The van der Waals surface area contributed by atoms with Crippen LogP contribution in [0.25, 0.3) is 43.1 Å². The number of rotatable bonds is 5. The topological polar surface area (TPSA) is 50.1 Å². The van der Waals surface area contributed by atoms with Gasteiger partial charge in [-0.05, 0) is 55.1 Å². The average Bonchev–Trinajstić information content (AvgIpc) is 2.79. The van der Waals surface area contributed by atoms with Crippen LogP contribution >= 0.6 is 0 Å². The lowest BCUT2D eigenvalue weighted by Gasteiger charge is -2.17. The third-order valence-corrected chi connectivity index (χ3v) is 5.82. The second kappa shape index (κ2) is 7.17. The van der Waals surface area contributed by atoms with Crippen molar-refractivity contribution >= 4 is 49.1 Å². The van der Waals surface area contributed by atoms with Gasteiger partial charge in [0, 0.05) is 0 Å².